The molecule has 0 saturated carbocycles. The molecule has 2 aromatic carbocycles. The van der Waals surface area contributed by atoms with Gasteiger partial charge in [-0.1, -0.05) is 12.1 Å². The second kappa shape index (κ2) is 6.83. The van der Waals surface area contributed by atoms with Crippen LogP contribution in [-0.2, 0) is 11.3 Å². The van der Waals surface area contributed by atoms with E-state index in [9.17, 15) is 4.79 Å². The number of carbonyl (C=O) groups excluding carboxylic acids is 1. The fourth-order valence-electron chi connectivity index (χ4n) is 2.64. The van der Waals surface area contributed by atoms with Crippen LogP contribution in [0, 0.1) is 13.8 Å². The van der Waals surface area contributed by atoms with E-state index < -0.39 is 6.10 Å². The number of rotatable bonds is 5. The van der Waals surface area contributed by atoms with Crippen molar-refractivity contribution in [3.8, 4) is 17.2 Å². The Morgan fingerprint density at radius 3 is 2.58 bits per heavy atom. The SMILES string of the molecule is Cc1cc(C)cc(O[C@@H](C)C(=O)NCc2ccc3c(c2)OCO3)c1. The molecule has 0 aliphatic carbocycles. The van der Waals surface area contributed by atoms with Gasteiger partial charge in [-0.25, -0.2) is 0 Å². The molecule has 1 aliphatic heterocycles. The minimum atomic E-state index is -0.569. The molecular weight excluding hydrogens is 306 g/mol. The van der Waals surface area contributed by atoms with Gasteiger partial charge in [0.05, 0.1) is 0 Å². The third-order valence-electron chi connectivity index (χ3n) is 3.78. The maximum Gasteiger partial charge on any atom is 0.261 e. The van der Waals surface area contributed by atoms with E-state index in [1.54, 1.807) is 6.92 Å². The van der Waals surface area contributed by atoms with Crippen molar-refractivity contribution in [2.24, 2.45) is 0 Å². The molecular formula is C19H21NO4. The van der Waals surface area contributed by atoms with Gasteiger partial charge in [-0.15, -0.1) is 0 Å². The molecule has 0 saturated heterocycles. The molecule has 0 spiro atoms. The highest BCUT2D eigenvalue weighted by Crippen LogP contribution is 2.32. The van der Waals surface area contributed by atoms with Gasteiger partial charge in [-0.2, -0.15) is 0 Å². The van der Waals surface area contributed by atoms with E-state index in [4.69, 9.17) is 14.2 Å². The molecule has 2 aromatic rings. The van der Waals surface area contributed by atoms with Gasteiger partial charge in [0.25, 0.3) is 5.91 Å². The van der Waals surface area contributed by atoms with Crippen LogP contribution in [-0.4, -0.2) is 18.8 Å². The van der Waals surface area contributed by atoms with Crippen LogP contribution in [0.1, 0.15) is 23.6 Å². The van der Waals surface area contributed by atoms with Gasteiger partial charge in [0, 0.05) is 6.54 Å². The van der Waals surface area contributed by atoms with Crippen molar-refractivity contribution in [3.05, 3.63) is 53.1 Å². The summed E-state index contributed by atoms with van der Waals surface area (Å²) in [6.45, 7) is 6.41. The van der Waals surface area contributed by atoms with Crippen LogP contribution < -0.4 is 19.5 Å². The Kier molecular flexibility index (Phi) is 4.60. The third-order valence-corrected chi connectivity index (χ3v) is 3.78. The van der Waals surface area contributed by atoms with E-state index in [-0.39, 0.29) is 12.7 Å². The fourth-order valence-corrected chi connectivity index (χ4v) is 2.64. The number of ether oxygens (including phenoxy) is 3. The molecule has 24 heavy (non-hydrogen) atoms. The van der Waals surface area contributed by atoms with Gasteiger partial charge in [-0.05, 0) is 61.7 Å². The number of carbonyl (C=O) groups is 1. The summed E-state index contributed by atoms with van der Waals surface area (Å²) >= 11 is 0. The van der Waals surface area contributed by atoms with Gasteiger partial charge in [0.2, 0.25) is 6.79 Å². The minimum absolute atomic E-state index is 0.160. The average molecular weight is 327 g/mol. The molecule has 126 valence electrons. The lowest BCUT2D eigenvalue weighted by Crippen LogP contribution is -2.35. The fraction of sp³-hybridized carbons (Fsp3) is 0.316. The summed E-state index contributed by atoms with van der Waals surface area (Å²) < 4.78 is 16.4. The number of fused-ring (bicyclic) bond motifs is 1. The zero-order valence-electron chi connectivity index (χ0n) is 14.1. The molecule has 3 rings (SSSR count). The predicted molar refractivity (Wildman–Crippen MR) is 90.4 cm³/mol. The summed E-state index contributed by atoms with van der Waals surface area (Å²) in [5, 5.41) is 2.88. The Labute approximate surface area is 141 Å². The molecule has 1 amide bonds. The normalized spacial score (nSPS) is 13.5. The van der Waals surface area contributed by atoms with Crippen LogP contribution in [0.25, 0.3) is 0 Å². The zero-order valence-corrected chi connectivity index (χ0v) is 14.1. The second-order valence-electron chi connectivity index (χ2n) is 5.99. The summed E-state index contributed by atoms with van der Waals surface area (Å²) in [5.74, 6) is 1.99. The summed E-state index contributed by atoms with van der Waals surface area (Å²) in [5.41, 5.74) is 3.17. The molecule has 1 N–H and O–H groups in total. The maximum absolute atomic E-state index is 12.2. The van der Waals surface area contributed by atoms with Crippen LogP contribution in [0.4, 0.5) is 0 Å². The Morgan fingerprint density at radius 2 is 1.83 bits per heavy atom. The lowest BCUT2D eigenvalue weighted by Gasteiger charge is -2.16. The third kappa shape index (κ3) is 3.79. The van der Waals surface area contributed by atoms with Crippen LogP contribution in [0.5, 0.6) is 17.2 Å². The molecule has 1 heterocycles. The Hall–Kier alpha value is -2.69. The highest BCUT2D eigenvalue weighted by atomic mass is 16.7. The van der Waals surface area contributed by atoms with Crippen molar-refractivity contribution < 1.29 is 19.0 Å². The van der Waals surface area contributed by atoms with E-state index in [0.29, 0.717) is 18.0 Å². The van der Waals surface area contributed by atoms with E-state index in [0.717, 1.165) is 22.4 Å². The van der Waals surface area contributed by atoms with E-state index in [1.807, 2.05) is 44.2 Å². The number of nitrogens with one attached hydrogen (secondary N) is 1. The smallest absolute Gasteiger partial charge is 0.261 e. The van der Waals surface area contributed by atoms with Crippen molar-refractivity contribution in [2.45, 2.75) is 33.4 Å². The quantitative estimate of drug-likeness (QED) is 0.917. The second-order valence-corrected chi connectivity index (χ2v) is 5.99. The van der Waals surface area contributed by atoms with Crippen molar-refractivity contribution >= 4 is 5.91 Å². The van der Waals surface area contributed by atoms with E-state index in [1.165, 1.54) is 0 Å². The number of amides is 1. The lowest BCUT2D eigenvalue weighted by molar-refractivity contribution is -0.127. The first kappa shape index (κ1) is 16.2. The molecule has 0 fully saturated rings. The highest BCUT2D eigenvalue weighted by Gasteiger charge is 2.16. The number of aryl methyl sites for hydroxylation is 2. The Balaban J connectivity index is 1.56. The summed E-state index contributed by atoms with van der Waals surface area (Å²) in [6.07, 6.45) is -0.569. The predicted octanol–water partition coefficient (Wildman–Crippen LogP) is 3.12. The highest BCUT2D eigenvalue weighted by molar-refractivity contribution is 5.80. The van der Waals surface area contributed by atoms with Gasteiger partial charge >= 0.3 is 0 Å². The Bertz CT molecular complexity index is 737. The molecule has 0 radical (unpaired) electrons. The Morgan fingerprint density at radius 1 is 1.12 bits per heavy atom. The zero-order chi connectivity index (χ0) is 17.1. The van der Waals surface area contributed by atoms with Crippen LogP contribution >= 0.6 is 0 Å². The standard InChI is InChI=1S/C19H21NO4/c1-12-6-13(2)8-16(7-12)24-14(3)19(21)20-10-15-4-5-17-18(9-15)23-11-22-17/h4-9,14H,10-11H2,1-3H3,(H,20,21)/t14-/m0/s1. The molecule has 0 unspecified atom stereocenters. The molecule has 0 bridgehead atoms. The van der Waals surface area contributed by atoms with Gasteiger partial charge in [-0.3, -0.25) is 4.79 Å². The van der Waals surface area contributed by atoms with Gasteiger partial charge in [0.1, 0.15) is 5.75 Å². The van der Waals surface area contributed by atoms with Crippen molar-refractivity contribution in [3.63, 3.8) is 0 Å². The maximum atomic E-state index is 12.2. The summed E-state index contributed by atoms with van der Waals surface area (Å²) in [7, 11) is 0. The minimum Gasteiger partial charge on any atom is -0.481 e. The largest absolute Gasteiger partial charge is 0.481 e. The average Bonchev–Trinajstić information content (AvgIpc) is 2.99. The lowest BCUT2D eigenvalue weighted by atomic mass is 10.1. The molecule has 5 heteroatoms. The topological polar surface area (TPSA) is 56.8 Å². The molecule has 5 nitrogen and oxygen atoms in total. The molecule has 1 aliphatic rings. The van der Waals surface area contributed by atoms with Crippen molar-refractivity contribution in [1.82, 2.24) is 5.32 Å². The first-order valence-corrected chi connectivity index (χ1v) is 7.92. The monoisotopic (exact) mass is 327 g/mol. The van der Waals surface area contributed by atoms with E-state index >= 15 is 0 Å². The number of benzene rings is 2. The van der Waals surface area contributed by atoms with E-state index in [2.05, 4.69) is 11.4 Å². The first-order chi connectivity index (χ1) is 11.5. The summed E-state index contributed by atoms with van der Waals surface area (Å²) in [6, 6.07) is 11.5. The van der Waals surface area contributed by atoms with Crippen LogP contribution in [0.15, 0.2) is 36.4 Å². The van der Waals surface area contributed by atoms with Crippen molar-refractivity contribution in [2.75, 3.05) is 6.79 Å². The van der Waals surface area contributed by atoms with Gasteiger partial charge in [0.15, 0.2) is 17.6 Å². The summed E-state index contributed by atoms with van der Waals surface area (Å²) in [4.78, 5) is 12.2. The van der Waals surface area contributed by atoms with Crippen molar-refractivity contribution in [1.29, 1.82) is 0 Å². The number of hydrogen-bond acceptors (Lipinski definition) is 4. The van der Waals surface area contributed by atoms with Gasteiger partial charge < -0.3 is 19.5 Å². The number of hydrogen-bond donors (Lipinski definition) is 1. The van der Waals surface area contributed by atoms with Crippen LogP contribution in [0.3, 0.4) is 0 Å². The molecule has 1 atom stereocenters. The first-order valence-electron chi connectivity index (χ1n) is 7.92. The molecule has 0 aromatic heterocycles. The van der Waals surface area contributed by atoms with Crippen LogP contribution in [0.2, 0.25) is 0 Å².